The van der Waals surface area contributed by atoms with Gasteiger partial charge in [0, 0.05) is 35.9 Å². The number of hydrogen-bond acceptors (Lipinski definition) is 4. The van der Waals surface area contributed by atoms with Gasteiger partial charge >= 0.3 is 12.1 Å². The van der Waals surface area contributed by atoms with Crippen molar-refractivity contribution in [3.05, 3.63) is 30.2 Å². The molecule has 118 valence electrons. The lowest BCUT2D eigenvalue weighted by atomic mass is 10.1. The van der Waals surface area contributed by atoms with E-state index < -0.39 is 23.7 Å². The van der Waals surface area contributed by atoms with Gasteiger partial charge in [-0.25, -0.2) is 9.59 Å². The van der Waals surface area contributed by atoms with Crippen LogP contribution in [0.4, 0.5) is 4.79 Å². The second-order valence-electron chi connectivity index (χ2n) is 5.98. The Balaban J connectivity index is 2.12. The Hall–Kier alpha value is -2.57. The second kappa shape index (κ2) is 6.05. The van der Waals surface area contributed by atoms with Crippen LogP contribution in [0.25, 0.3) is 10.9 Å². The average Bonchev–Trinajstić information content (AvgIpc) is 2.79. The number of nitrogens with zero attached hydrogens (tertiary/aromatic N) is 1. The minimum absolute atomic E-state index is 0.139. The van der Waals surface area contributed by atoms with Gasteiger partial charge in [0.05, 0.1) is 0 Å². The molecule has 22 heavy (non-hydrogen) atoms. The number of carbonyl (C=O) groups excluding carboxylic acids is 1. The summed E-state index contributed by atoms with van der Waals surface area (Å²) < 4.78 is 5.09. The van der Waals surface area contributed by atoms with E-state index in [1.165, 1.54) is 0 Å². The van der Waals surface area contributed by atoms with Crippen LogP contribution in [0.2, 0.25) is 0 Å². The molecular weight excluding hydrogens is 286 g/mol. The van der Waals surface area contributed by atoms with Crippen molar-refractivity contribution in [2.75, 3.05) is 0 Å². The standard InChI is InChI=1S/C15H19N3O4/c1-15(2,3)22-14(21)18-12(13(19)20)6-9-7-17-11-4-5-16-8-10(9)11/h4-5,7-8,12,17H,6H2,1-3H3,(H,18,21)(H,19,20)/t12-/m0/s1. The Labute approximate surface area is 127 Å². The molecule has 0 saturated carbocycles. The largest absolute Gasteiger partial charge is 0.480 e. The molecule has 0 aliphatic rings. The van der Waals surface area contributed by atoms with E-state index in [-0.39, 0.29) is 6.42 Å². The summed E-state index contributed by atoms with van der Waals surface area (Å²) in [4.78, 5) is 30.2. The highest BCUT2D eigenvalue weighted by Gasteiger charge is 2.25. The number of rotatable bonds is 4. The fraction of sp³-hybridized carbons (Fsp3) is 0.400. The number of carboxylic acids is 1. The van der Waals surface area contributed by atoms with Gasteiger partial charge in [-0.15, -0.1) is 0 Å². The van der Waals surface area contributed by atoms with E-state index >= 15 is 0 Å². The first-order valence-corrected chi connectivity index (χ1v) is 6.88. The SMILES string of the molecule is CC(C)(C)OC(=O)N[C@@H](Cc1c[nH]c2ccncc12)C(=O)O. The van der Waals surface area contributed by atoms with Crippen LogP contribution in [0, 0.1) is 0 Å². The maximum absolute atomic E-state index is 11.7. The summed E-state index contributed by atoms with van der Waals surface area (Å²) in [5.41, 5.74) is 0.954. The van der Waals surface area contributed by atoms with Crippen LogP contribution in [0.5, 0.6) is 0 Å². The fourth-order valence-electron chi connectivity index (χ4n) is 2.06. The van der Waals surface area contributed by atoms with Crippen LogP contribution in [0.15, 0.2) is 24.7 Å². The predicted octanol–water partition coefficient (Wildman–Crippen LogP) is 2.08. The quantitative estimate of drug-likeness (QED) is 0.802. The number of aromatic amines is 1. The van der Waals surface area contributed by atoms with Gasteiger partial charge in [0.1, 0.15) is 11.6 Å². The van der Waals surface area contributed by atoms with Gasteiger partial charge in [-0.3, -0.25) is 4.98 Å². The van der Waals surface area contributed by atoms with Gasteiger partial charge < -0.3 is 20.1 Å². The van der Waals surface area contributed by atoms with Gasteiger partial charge in [-0.1, -0.05) is 0 Å². The van der Waals surface area contributed by atoms with E-state index in [4.69, 9.17) is 4.74 Å². The molecular formula is C15H19N3O4. The lowest BCUT2D eigenvalue weighted by molar-refractivity contribution is -0.139. The number of pyridine rings is 1. The van der Waals surface area contributed by atoms with Crippen molar-refractivity contribution in [2.45, 2.75) is 38.8 Å². The number of H-pyrrole nitrogens is 1. The van der Waals surface area contributed by atoms with Crippen molar-refractivity contribution in [3.8, 4) is 0 Å². The number of ether oxygens (including phenoxy) is 1. The van der Waals surface area contributed by atoms with Gasteiger partial charge in [0.25, 0.3) is 0 Å². The minimum Gasteiger partial charge on any atom is -0.480 e. The van der Waals surface area contributed by atoms with Crippen LogP contribution < -0.4 is 5.32 Å². The molecule has 2 aromatic heterocycles. The zero-order valence-corrected chi connectivity index (χ0v) is 12.7. The smallest absolute Gasteiger partial charge is 0.408 e. The molecule has 0 aliphatic heterocycles. The van der Waals surface area contributed by atoms with Gasteiger partial charge in [-0.05, 0) is 32.4 Å². The number of carboxylic acid groups (broad SMARTS) is 1. The molecule has 2 aromatic rings. The number of fused-ring (bicyclic) bond motifs is 1. The molecule has 1 atom stereocenters. The molecule has 2 rings (SSSR count). The Morgan fingerprint density at radius 3 is 2.82 bits per heavy atom. The van der Waals surface area contributed by atoms with E-state index in [1.807, 2.05) is 0 Å². The first kappa shape index (κ1) is 15.8. The summed E-state index contributed by atoms with van der Waals surface area (Å²) in [6.07, 6.45) is 4.42. The van der Waals surface area contributed by atoms with E-state index in [1.54, 1.807) is 45.4 Å². The fourth-order valence-corrected chi connectivity index (χ4v) is 2.06. The van der Waals surface area contributed by atoms with Crippen LogP contribution in [0.1, 0.15) is 26.3 Å². The normalized spacial score (nSPS) is 12.9. The third kappa shape index (κ3) is 3.97. The molecule has 0 unspecified atom stereocenters. The summed E-state index contributed by atoms with van der Waals surface area (Å²) in [7, 11) is 0. The first-order valence-electron chi connectivity index (χ1n) is 6.88. The van der Waals surface area contributed by atoms with Gasteiger partial charge in [-0.2, -0.15) is 0 Å². The molecule has 7 nitrogen and oxygen atoms in total. The maximum atomic E-state index is 11.7. The predicted molar refractivity (Wildman–Crippen MR) is 80.6 cm³/mol. The molecule has 1 amide bonds. The number of amides is 1. The minimum atomic E-state index is -1.12. The van der Waals surface area contributed by atoms with Crippen LogP contribution in [0.3, 0.4) is 0 Å². The Kier molecular flexibility index (Phi) is 4.35. The first-order chi connectivity index (χ1) is 10.3. The van der Waals surface area contributed by atoms with Crippen LogP contribution in [-0.4, -0.2) is 38.8 Å². The summed E-state index contributed by atoms with van der Waals surface area (Å²) in [5.74, 6) is -1.12. The number of alkyl carbamates (subject to hydrolysis) is 1. The highest BCUT2D eigenvalue weighted by atomic mass is 16.6. The highest BCUT2D eigenvalue weighted by Crippen LogP contribution is 2.18. The van der Waals surface area contributed by atoms with Crippen LogP contribution >= 0.6 is 0 Å². The Morgan fingerprint density at radius 2 is 2.18 bits per heavy atom. The molecule has 3 N–H and O–H groups in total. The van der Waals surface area contributed by atoms with E-state index in [9.17, 15) is 14.7 Å². The highest BCUT2D eigenvalue weighted by molar-refractivity contribution is 5.84. The summed E-state index contributed by atoms with van der Waals surface area (Å²) in [6.45, 7) is 5.15. The third-order valence-corrected chi connectivity index (χ3v) is 2.98. The number of aromatic nitrogens is 2. The van der Waals surface area contributed by atoms with Crippen molar-refractivity contribution in [1.29, 1.82) is 0 Å². The lowest BCUT2D eigenvalue weighted by Crippen LogP contribution is -2.44. The van der Waals surface area contributed by atoms with Crippen molar-refractivity contribution in [1.82, 2.24) is 15.3 Å². The van der Waals surface area contributed by atoms with Gasteiger partial charge in [0.15, 0.2) is 0 Å². The van der Waals surface area contributed by atoms with E-state index in [0.717, 1.165) is 16.5 Å². The number of hydrogen-bond donors (Lipinski definition) is 3. The van der Waals surface area contributed by atoms with Crippen molar-refractivity contribution < 1.29 is 19.4 Å². The summed E-state index contributed by atoms with van der Waals surface area (Å²) >= 11 is 0. The molecule has 7 heteroatoms. The molecule has 0 saturated heterocycles. The third-order valence-electron chi connectivity index (χ3n) is 2.98. The lowest BCUT2D eigenvalue weighted by Gasteiger charge is -2.21. The average molecular weight is 305 g/mol. The molecule has 0 aromatic carbocycles. The number of aliphatic carboxylic acids is 1. The summed E-state index contributed by atoms with van der Waals surface area (Å²) in [5, 5.41) is 12.5. The Bertz CT molecular complexity index is 687. The monoisotopic (exact) mass is 305 g/mol. The van der Waals surface area contributed by atoms with Crippen molar-refractivity contribution in [3.63, 3.8) is 0 Å². The molecule has 0 fully saturated rings. The molecule has 0 aliphatic carbocycles. The number of carbonyl (C=O) groups is 2. The second-order valence-corrected chi connectivity index (χ2v) is 5.98. The van der Waals surface area contributed by atoms with Gasteiger partial charge in [0.2, 0.25) is 0 Å². The van der Waals surface area contributed by atoms with E-state index in [0.29, 0.717) is 0 Å². The van der Waals surface area contributed by atoms with Crippen molar-refractivity contribution in [2.24, 2.45) is 0 Å². The molecule has 0 radical (unpaired) electrons. The Morgan fingerprint density at radius 1 is 1.45 bits per heavy atom. The molecule has 0 spiro atoms. The number of nitrogens with one attached hydrogen (secondary N) is 2. The van der Waals surface area contributed by atoms with Crippen LogP contribution in [-0.2, 0) is 16.0 Å². The maximum Gasteiger partial charge on any atom is 0.408 e. The zero-order valence-electron chi connectivity index (χ0n) is 12.7. The summed E-state index contributed by atoms with van der Waals surface area (Å²) in [6, 6.07) is 0.727. The topological polar surface area (TPSA) is 104 Å². The molecule has 0 bridgehead atoms. The van der Waals surface area contributed by atoms with Crippen molar-refractivity contribution >= 4 is 23.0 Å². The van der Waals surface area contributed by atoms with E-state index in [2.05, 4.69) is 15.3 Å². The zero-order chi connectivity index (χ0) is 16.3. The molecule has 2 heterocycles.